The number of rotatable bonds is 6. The minimum atomic E-state index is -0.467. The molecule has 0 aliphatic carbocycles. The number of aliphatic hydroxyl groups is 1. The number of halogens is 1. The molecule has 122 valence electrons. The lowest BCUT2D eigenvalue weighted by Crippen LogP contribution is -2.36. The summed E-state index contributed by atoms with van der Waals surface area (Å²) < 4.78 is 19.0. The van der Waals surface area contributed by atoms with Gasteiger partial charge in [-0.25, -0.2) is 4.39 Å². The van der Waals surface area contributed by atoms with E-state index in [-0.39, 0.29) is 18.1 Å². The van der Waals surface area contributed by atoms with Crippen LogP contribution >= 0.6 is 0 Å². The molecule has 0 unspecified atom stereocenters. The topological polar surface area (TPSA) is 53.0 Å². The molecule has 1 aromatic carbocycles. The molecule has 0 radical (unpaired) electrons. The van der Waals surface area contributed by atoms with E-state index in [1.54, 1.807) is 17.0 Å². The van der Waals surface area contributed by atoms with Gasteiger partial charge in [-0.2, -0.15) is 0 Å². The van der Waals surface area contributed by atoms with Gasteiger partial charge in [0.15, 0.2) is 0 Å². The molecular formula is C16H23FN2O3. The lowest BCUT2D eigenvalue weighted by Gasteiger charge is -2.22. The quantitative estimate of drug-likeness (QED) is 0.796. The van der Waals surface area contributed by atoms with Gasteiger partial charge in [0, 0.05) is 26.2 Å². The van der Waals surface area contributed by atoms with Gasteiger partial charge >= 0.3 is 0 Å². The first-order chi connectivity index (χ1) is 10.7. The van der Waals surface area contributed by atoms with E-state index in [0.717, 1.165) is 26.1 Å². The summed E-state index contributed by atoms with van der Waals surface area (Å²) in [5.74, 6) is -0.706. The summed E-state index contributed by atoms with van der Waals surface area (Å²) in [7, 11) is 0. The Labute approximate surface area is 130 Å². The van der Waals surface area contributed by atoms with Crippen molar-refractivity contribution in [1.29, 1.82) is 0 Å². The molecule has 2 rings (SSSR count). The average Bonchev–Trinajstić information content (AvgIpc) is 2.77. The maximum atomic E-state index is 13.7. The molecule has 0 bridgehead atoms. The molecule has 6 heteroatoms. The summed E-state index contributed by atoms with van der Waals surface area (Å²) in [5, 5.41) is 8.66. The summed E-state index contributed by atoms with van der Waals surface area (Å²) in [6.07, 6.45) is 0.861. The summed E-state index contributed by atoms with van der Waals surface area (Å²) in [5.41, 5.74) is 0.141. The highest BCUT2D eigenvalue weighted by atomic mass is 19.1. The second kappa shape index (κ2) is 8.82. The molecule has 1 heterocycles. The molecule has 5 nitrogen and oxygen atoms in total. The van der Waals surface area contributed by atoms with Crippen LogP contribution in [0.25, 0.3) is 0 Å². The third-order valence-corrected chi connectivity index (χ3v) is 3.77. The first kappa shape index (κ1) is 16.9. The van der Waals surface area contributed by atoms with Crippen molar-refractivity contribution in [2.45, 2.75) is 6.42 Å². The number of carbonyl (C=O) groups is 1. The van der Waals surface area contributed by atoms with E-state index in [9.17, 15) is 9.18 Å². The van der Waals surface area contributed by atoms with Crippen molar-refractivity contribution in [3.63, 3.8) is 0 Å². The number of benzene rings is 1. The van der Waals surface area contributed by atoms with Crippen LogP contribution in [0.3, 0.4) is 0 Å². The Kier molecular flexibility index (Phi) is 6.76. The van der Waals surface area contributed by atoms with Crippen molar-refractivity contribution in [3.8, 4) is 0 Å². The zero-order valence-corrected chi connectivity index (χ0v) is 12.7. The number of carbonyl (C=O) groups excluding carboxylic acids is 1. The van der Waals surface area contributed by atoms with Gasteiger partial charge in [0.1, 0.15) is 5.82 Å². The molecule has 0 spiro atoms. The second-order valence-electron chi connectivity index (χ2n) is 5.30. The van der Waals surface area contributed by atoms with Crippen LogP contribution in [-0.2, 0) is 4.74 Å². The average molecular weight is 310 g/mol. The third-order valence-electron chi connectivity index (χ3n) is 3.77. The van der Waals surface area contributed by atoms with Crippen LogP contribution in [0.1, 0.15) is 16.8 Å². The van der Waals surface area contributed by atoms with Gasteiger partial charge in [0.05, 0.1) is 25.4 Å². The lowest BCUT2D eigenvalue weighted by atomic mass is 10.2. The molecule has 1 N–H and O–H groups in total. The Morgan fingerprint density at radius 2 is 2.00 bits per heavy atom. The summed E-state index contributed by atoms with van der Waals surface area (Å²) in [6, 6.07) is 6.11. The first-order valence-electron chi connectivity index (χ1n) is 7.67. The van der Waals surface area contributed by atoms with Crippen molar-refractivity contribution in [2.24, 2.45) is 0 Å². The van der Waals surface area contributed by atoms with Crippen LogP contribution in [0.15, 0.2) is 24.3 Å². The highest BCUT2D eigenvalue weighted by Crippen LogP contribution is 2.12. The fraction of sp³-hybridized carbons (Fsp3) is 0.562. The minimum absolute atomic E-state index is 0.0327. The Morgan fingerprint density at radius 1 is 1.18 bits per heavy atom. The molecular weight excluding hydrogens is 287 g/mol. The molecule has 22 heavy (non-hydrogen) atoms. The fourth-order valence-electron chi connectivity index (χ4n) is 2.56. The maximum absolute atomic E-state index is 13.7. The Hall–Kier alpha value is -1.50. The standard InChI is InChI=1S/C16H23FN2O3/c17-15-5-2-1-4-14(15)16(21)19-7-3-6-18(8-9-19)10-12-22-13-11-20/h1-2,4-5,20H,3,6-13H2. The van der Waals surface area contributed by atoms with Gasteiger partial charge < -0.3 is 14.7 Å². The summed E-state index contributed by atoms with van der Waals surface area (Å²) in [4.78, 5) is 16.3. The smallest absolute Gasteiger partial charge is 0.256 e. The van der Waals surface area contributed by atoms with E-state index in [0.29, 0.717) is 26.3 Å². The zero-order valence-electron chi connectivity index (χ0n) is 12.7. The Bertz CT molecular complexity index is 484. The van der Waals surface area contributed by atoms with Crippen LogP contribution < -0.4 is 0 Å². The summed E-state index contributed by atoms with van der Waals surface area (Å²) >= 11 is 0. The SMILES string of the molecule is O=C(c1ccccc1F)N1CCCN(CCOCCO)CC1. The van der Waals surface area contributed by atoms with E-state index in [1.165, 1.54) is 12.1 Å². The first-order valence-corrected chi connectivity index (χ1v) is 7.67. The maximum Gasteiger partial charge on any atom is 0.256 e. The number of hydrogen-bond donors (Lipinski definition) is 1. The molecule has 1 fully saturated rings. The van der Waals surface area contributed by atoms with Crippen LogP contribution in [-0.4, -0.2) is 73.4 Å². The lowest BCUT2D eigenvalue weighted by molar-refractivity contribution is 0.0709. The third kappa shape index (κ3) is 4.76. The molecule has 0 atom stereocenters. The fourth-order valence-corrected chi connectivity index (χ4v) is 2.56. The predicted molar refractivity (Wildman–Crippen MR) is 81.3 cm³/mol. The number of aliphatic hydroxyl groups excluding tert-OH is 1. The predicted octanol–water partition coefficient (Wildman–Crippen LogP) is 0.982. The van der Waals surface area contributed by atoms with Crippen molar-refractivity contribution >= 4 is 5.91 Å². The van der Waals surface area contributed by atoms with E-state index < -0.39 is 5.82 Å². The van der Waals surface area contributed by atoms with Crippen LogP contribution in [0.5, 0.6) is 0 Å². The van der Waals surface area contributed by atoms with Crippen molar-refractivity contribution in [1.82, 2.24) is 9.80 Å². The molecule has 1 saturated heterocycles. The van der Waals surface area contributed by atoms with Gasteiger partial charge in [0.2, 0.25) is 0 Å². The van der Waals surface area contributed by atoms with Crippen molar-refractivity contribution in [3.05, 3.63) is 35.6 Å². The van der Waals surface area contributed by atoms with Crippen LogP contribution in [0.4, 0.5) is 4.39 Å². The zero-order chi connectivity index (χ0) is 15.8. The summed E-state index contributed by atoms with van der Waals surface area (Å²) in [6.45, 7) is 4.61. The van der Waals surface area contributed by atoms with E-state index >= 15 is 0 Å². The molecule has 1 aromatic rings. The van der Waals surface area contributed by atoms with E-state index in [4.69, 9.17) is 9.84 Å². The Balaban J connectivity index is 1.85. The van der Waals surface area contributed by atoms with Gasteiger partial charge in [-0.15, -0.1) is 0 Å². The molecule has 0 saturated carbocycles. The van der Waals surface area contributed by atoms with Crippen molar-refractivity contribution < 1.29 is 19.0 Å². The normalized spacial score (nSPS) is 16.5. The number of nitrogens with zero attached hydrogens (tertiary/aromatic N) is 2. The monoisotopic (exact) mass is 310 g/mol. The molecule has 1 amide bonds. The second-order valence-corrected chi connectivity index (χ2v) is 5.30. The number of hydrogen-bond acceptors (Lipinski definition) is 4. The van der Waals surface area contributed by atoms with Crippen LogP contribution in [0.2, 0.25) is 0 Å². The number of ether oxygens (including phenoxy) is 1. The Morgan fingerprint density at radius 3 is 2.77 bits per heavy atom. The van der Waals surface area contributed by atoms with Gasteiger partial charge in [0.25, 0.3) is 5.91 Å². The van der Waals surface area contributed by atoms with E-state index in [2.05, 4.69) is 4.90 Å². The molecule has 0 aromatic heterocycles. The van der Waals surface area contributed by atoms with Crippen LogP contribution in [0, 0.1) is 5.82 Å². The number of amides is 1. The highest BCUT2D eigenvalue weighted by Gasteiger charge is 2.22. The largest absolute Gasteiger partial charge is 0.394 e. The molecule has 1 aliphatic rings. The van der Waals surface area contributed by atoms with Gasteiger partial charge in [-0.3, -0.25) is 9.69 Å². The molecule has 1 aliphatic heterocycles. The highest BCUT2D eigenvalue weighted by molar-refractivity contribution is 5.94. The van der Waals surface area contributed by atoms with Gasteiger partial charge in [-0.1, -0.05) is 12.1 Å². The van der Waals surface area contributed by atoms with Crippen molar-refractivity contribution in [2.75, 3.05) is 52.5 Å². The minimum Gasteiger partial charge on any atom is -0.394 e. The van der Waals surface area contributed by atoms with Gasteiger partial charge in [-0.05, 0) is 25.1 Å². The van der Waals surface area contributed by atoms with E-state index in [1.807, 2.05) is 0 Å².